The first kappa shape index (κ1) is 10.4. The molecule has 0 aliphatic rings. The highest BCUT2D eigenvalue weighted by Crippen LogP contribution is 2.25. The minimum absolute atomic E-state index is 0.0316. The Morgan fingerprint density at radius 3 is 2.71 bits per heavy atom. The third-order valence-corrected chi connectivity index (χ3v) is 1.98. The minimum Gasteiger partial charge on any atom is -0.507 e. The molecule has 0 saturated carbocycles. The molecule has 0 atom stereocenters. The Labute approximate surface area is 85.0 Å². The Balaban J connectivity index is 3.16. The number of hydrogen-bond acceptors (Lipinski definition) is 3. The second-order valence-electron chi connectivity index (χ2n) is 2.64. The maximum Gasteiger partial charge on any atom is 0.307 e. The molecule has 0 saturated heterocycles. The van der Waals surface area contributed by atoms with E-state index < -0.39 is 5.97 Å². The quantitative estimate of drug-likeness (QED) is 0.778. The van der Waals surface area contributed by atoms with Gasteiger partial charge in [0, 0.05) is 5.02 Å². The number of nitriles is 1. The molecule has 2 N–H and O–H groups in total. The monoisotopic (exact) mass is 211 g/mol. The number of phenolic OH excluding ortho intramolecular Hbond substituents is 1. The van der Waals surface area contributed by atoms with E-state index in [1.165, 1.54) is 12.1 Å². The maximum atomic E-state index is 10.4. The first-order valence-corrected chi connectivity index (χ1v) is 4.05. The predicted octanol–water partition coefficient (Wildman–Crippen LogP) is 1.54. The van der Waals surface area contributed by atoms with Gasteiger partial charge in [-0.05, 0) is 17.7 Å². The molecular weight excluding hydrogens is 206 g/mol. The molecule has 0 aromatic heterocycles. The number of rotatable bonds is 2. The molecule has 0 aliphatic heterocycles. The van der Waals surface area contributed by atoms with Gasteiger partial charge in [-0.2, -0.15) is 5.26 Å². The van der Waals surface area contributed by atoms with Crippen molar-refractivity contribution in [3.8, 4) is 11.8 Å². The van der Waals surface area contributed by atoms with Gasteiger partial charge in [0.25, 0.3) is 0 Å². The van der Waals surface area contributed by atoms with Crippen LogP contribution in [0, 0.1) is 11.3 Å². The average Bonchev–Trinajstić information content (AvgIpc) is 2.10. The van der Waals surface area contributed by atoms with Gasteiger partial charge < -0.3 is 10.2 Å². The normalized spacial score (nSPS) is 9.43. The SMILES string of the molecule is N#Cc1cc(Cl)c(CC(=O)O)cc1O. The molecule has 0 bridgehead atoms. The van der Waals surface area contributed by atoms with Crippen LogP contribution in [0.25, 0.3) is 0 Å². The molecule has 0 spiro atoms. The zero-order chi connectivity index (χ0) is 10.7. The van der Waals surface area contributed by atoms with Crippen LogP contribution in [0.5, 0.6) is 5.75 Å². The Morgan fingerprint density at radius 2 is 2.21 bits per heavy atom. The van der Waals surface area contributed by atoms with Gasteiger partial charge in [0.05, 0.1) is 12.0 Å². The van der Waals surface area contributed by atoms with E-state index in [4.69, 9.17) is 22.0 Å². The lowest BCUT2D eigenvalue weighted by Crippen LogP contribution is -2.00. The molecule has 0 radical (unpaired) electrons. The van der Waals surface area contributed by atoms with Crippen molar-refractivity contribution in [2.75, 3.05) is 0 Å². The van der Waals surface area contributed by atoms with Crippen molar-refractivity contribution >= 4 is 17.6 Å². The summed E-state index contributed by atoms with van der Waals surface area (Å²) in [5.74, 6) is -1.30. The molecule has 5 heteroatoms. The summed E-state index contributed by atoms with van der Waals surface area (Å²) in [5, 5.41) is 26.5. The summed E-state index contributed by atoms with van der Waals surface area (Å²) in [6.45, 7) is 0. The van der Waals surface area contributed by atoms with Gasteiger partial charge in [-0.15, -0.1) is 0 Å². The van der Waals surface area contributed by atoms with E-state index in [1.807, 2.05) is 0 Å². The van der Waals surface area contributed by atoms with Crippen molar-refractivity contribution in [2.45, 2.75) is 6.42 Å². The van der Waals surface area contributed by atoms with Crippen LogP contribution in [0.15, 0.2) is 12.1 Å². The fraction of sp³-hybridized carbons (Fsp3) is 0.111. The summed E-state index contributed by atoms with van der Waals surface area (Å²) in [4.78, 5) is 10.4. The summed E-state index contributed by atoms with van der Waals surface area (Å²) in [5.41, 5.74) is 0.319. The van der Waals surface area contributed by atoms with Crippen molar-refractivity contribution in [3.05, 3.63) is 28.3 Å². The number of phenols is 1. The van der Waals surface area contributed by atoms with Crippen LogP contribution in [0.2, 0.25) is 5.02 Å². The summed E-state index contributed by atoms with van der Waals surface area (Å²) >= 11 is 5.70. The lowest BCUT2D eigenvalue weighted by Gasteiger charge is -2.03. The van der Waals surface area contributed by atoms with E-state index in [2.05, 4.69) is 0 Å². The highest BCUT2D eigenvalue weighted by molar-refractivity contribution is 6.31. The van der Waals surface area contributed by atoms with Crippen molar-refractivity contribution in [1.29, 1.82) is 5.26 Å². The molecule has 0 heterocycles. The molecule has 0 fully saturated rings. The molecule has 1 aromatic rings. The first-order chi connectivity index (χ1) is 6.54. The van der Waals surface area contributed by atoms with E-state index in [0.717, 1.165) is 0 Å². The van der Waals surface area contributed by atoms with Crippen molar-refractivity contribution in [3.63, 3.8) is 0 Å². The van der Waals surface area contributed by atoms with Crippen molar-refractivity contribution in [2.24, 2.45) is 0 Å². The summed E-state index contributed by atoms with van der Waals surface area (Å²) in [6.07, 6.45) is -0.280. The number of carbonyl (C=O) groups is 1. The molecule has 14 heavy (non-hydrogen) atoms. The topological polar surface area (TPSA) is 81.3 Å². The number of carboxylic acid groups (broad SMARTS) is 1. The standard InChI is InChI=1S/C9H6ClNO3/c10-7-1-6(4-11)8(12)2-5(7)3-9(13)14/h1-2,12H,3H2,(H,13,14). The highest BCUT2D eigenvalue weighted by atomic mass is 35.5. The van der Waals surface area contributed by atoms with Crippen LogP contribution in [0.4, 0.5) is 0 Å². The van der Waals surface area contributed by atoms with Crippen LogP contribution >= 0.6 is 11.6 Å². The number of aromatic hydroxyl groups is 1. The second-order valence-corrected chi connectivity index (χ2v) is 3.05. The fourth-order valence-electron chi connectivity index (χ4n) is 0.993. The van der Waals surface area contributed by atoms with Crippen LogP contribution < -0.4 is 0 Å². The highest BCUT2D eigenvalue weighted by Gasteiger charge is 2.10. The summed E-state index contributed by atoms with van der Waals surface area (Å²) in [7, 11) is 0. The predicted molar refractivity (Wildman–Crippen MR) is 49.2 cm³/mol. The molecule has 0 unspecified atom stereocenters. The first-order valence-electron chi connectivity index (χ1n) is 3.68. The number of carboxylic acids is 1. The Kier molecular flexibility index (Phi) is 2.95. The van der Waals surface area contributed by atoms with Gasteiger partial charge in [0.2, 0.25) is 0 Å². The average molecular weight is 212 g/mol. The molecule has 72 valence electrons. The van der Waals surface area contributed by atoms with E-state index in [-0.39, 0.29) is 28.3 Å². The van der Waals surface area contributed by atoms with Gasteiger partial charge in [0.15, 0.2) is 0 Å². The maximum absolute atomic E-state index is 10.4. The zero-order valence-corrected chi connectivity index (χ0v) is 7.75. The van der Waals surface area contributed by atoms with Crippen molar-refractivity contribution in [1.82, 2.24) is 0 Å². The molecular formula is C9H6ClNO3. The number of aliphatic carboxylic acids is 1. The van der Waals surface area contributed by atoms with E-state index in [9.17, 15) is 9.90 Å². The zero-order valence-electron chi connectivity index (χ0n) is 6.99. The number of halogens is 1. The lowest BCUT2D eigenvalue weighted by molar-refractivity contribution is -0.136. The largest absolute Gasteiger partial charge is 0.507 e. The van der Waals surface area contributed by atoms with Gasteiger partial charge >= 0.3 is 5.97 Å². The van der Waals surface area contributed by atoms with Gasteiger partial charge in [0.1, 0.15) is 11.8 Å². The molecule has 0 aliphatic carbocycles. The van der Waals surface area contributed by atoms with Gasteiger partial charge in [-0.25, -0.2) is 0 Å². The van der Waals surface area contributed by atoms with Gasteiger partial charge in [-0.1, -0.05) is 11.6 Å². The third-order valence-electron chi connectivity index (χ3n) is 1.63. The number of benzene rings is 1. The van der Waals surface area contributed by atoms with Crippen LogP contribution in [-0.2, 0) is 11.2 Å². The van der Waals surface area contributed by atoms with E-state index in [1.54, 1.807) is 6.07 Å². The Bertz CT molecular complexity index is 423. The second kappa shape index (κ2) is 3.99. The van der Waals surface area contributed by atoms with Crippen LogP contribution in [0.3, 0.4) is 0 Å². The summed E-state index contributed by atoms with van der Waals surface area (Å²) in [6, 6.07) is 4.17. The molecule has 1 rings (SSSR count). The van der Waals surface area contributed by atoms with E-state index >= 15 is 0 Å². The number of hydrogen-bond donors (Lipinski definition) is 2. The lowest BCUT2D eigenvalue weighted by atomic mass is 10.1. The molecule has 4 nitrogen and oxygen atoms in total. The van der Waals surface area contributed by atoms with Crippen molar-refractivity contribution < 1.29 is 15.0 Å². The molecule has 1 aromatic carbocycles. The van der Waals surface area contributed by atoms with E-state index in [0.29, 0.717) is 0 Å². The molecule has 0 amide bonds. The number of nitrogens with zero attached hydrogens (tertiary/aromatic N) is 1. The fourth-order valence-corrected chi connectivity index (χ4v) is 1.22. The smallest absolute Gasteiger partial charge is 0.307 e. The third kappa shape index (κ3) is 2.15. The van der Waals surface area contributed by atoms with Gasteiger partial charge in [-0.3, -0.25) is 4.79 Å². The van der Waals surface area contributed by atoms with Crippen LogP contribution in [-0.4, -0.2) is 16.2 Å². The minimum atomic E-state index is -1.05. The Hall–Kier alpha value is -1.73. The van der Waals surface area contributed by atoms with Crippen LogP contribution in [0.1, 0.15) is 11.1 Å². The Morgan fingerprint density at radius 1 is 1.57 bits per heavy atom. The summed E-state index contributed by atoms with van der Waals surface area (Å²) < 4.78 is 0.